The molecule has 130 valence electrons. The normalized spacial score (nSPS) is 21.8. The zero-order valence-corrected chi connectivity index (χ0v) is 15.0. The molecule has 0 aromatic carbocycles. The molecule has 1 saturated carbocycles. The van der Waals surface area contributed by atoms with Gasteiger partial charge in [-0.3, -0.25) is 4.79 Å². The fourth-order valence-corrected chi connectivity index (χ4v) is 3.56. The first kappa shape index (κ1) is 16.9. The van der Waals surface area contributed by atoms with Gasteiger partial charge in [0.05, 0.1) is 0 Å². The van der Waals surface area contributed by atoms with Gasteiger partial charge in [-0.1, -0.05) is 27.2 Å². The molecule has 0 saturated heterocycles. The van der Waals surface area contributed by atoms with Crippen molar-refractivity contribution >= 4 is 11.7 Å². The minimum absolute atomic E-state index is 0.196. The lowest BCUT2D eigenvalue weighted by Crippen LogP contribution is -2.40. The van der Waals surface area contributed by atoms with Crippen LogP contribution in [0, 0.1) is 18.3 Å². The van der Waals surface area contributed by atoms with E-state index < -0.39 is 0 Å². The largest absolute Gasteiger partial charge is 0.347 e. The average molecular weight is 329 g/mol. The van der Waals surface area contributed by atoms with Gasteiger partial charge in [0.15, 0.2) is 0 Å². The summed E-state index contributed by atoms with van der Waals surface area (Å²) in [7, 11) is 0. The lowest BCUT2D eigenvalue weighted by atomic mass is 9.69. The number of nitrogens with one attached hydrogen (secondary N) is 1. The summed E-state index contributed by atoms with van der Waals surface area (Å²) in [6.07, 6.45) is 7.29. The molecule has 0 spiro atoms. The van der Waals surface area contributed by atoms with E-state index in [9.17, 15) is 4.79 Å². The van der Waals surface area contributed by atoms with Crippen LogP contribution in [-0.2, 0) is 0 Å². The molecule has 1 N–H and O–H groups in total. The maximum absolute atomic E-state index is 12.5. The van der Waals surface area contributed by atoms with E-state index in [4.69, 9.17) is 0 Å². The average Bonchev–Trinajstić information content (AvgIpc) is 3.01. The molecule has 2 heterocycles. The second-order valence-corrected chi connectivity index (χ2v) is 7.60. The van der Waals surface area contributed by atoms with E-state index in [1.165, 1.54) is 19.3 Å². The molecular formula is C18H27N5O. The van der Waals surface area contributed by atoms with Crippen molar-refractivity contribution in [1.29, 1.82) is 0 Å². The van der Waals surface area contributed by atoms with Crippen LogP contribution in [0.4, 0.5) is 0 Å². The maximum Gasteiger partial charge on any atom is 0.291 e. The van der Waals surface area contributed by atoms with E-state index in [1.807, 2.05) is 13.0 Å². The smallest absolute Gasteiger partial charge is 0.291 e. The van der Waals surface area contributed by atoms with E-state index in [0.717, 1.165) is 24.5 Å². The summed E-state index contributed by atoms with van der Waals surface area (Å²) in [5.74, 6) is 1.22. The van der Waals surface area contributed by atoms with Gasteiger partial charge >= 0.3 is 0 Å². The fourth-order valence-electron chi connectivity index (χ4n) is 3.56. The van der Waals surface area contributed by atoms with Gasteiger partial charge in [0.1, 0.15) is 0 Å². The topological polar surface area (TPSA) is 72.2 Å². The highest BCUT2D eigenvalue weighted by atomic mass is 16.2. The molecular weight excluding hydrogens is 302 g/mol. The Hall–Kier alpha value is -1.98. The predicted octanol–water partition coefficient (Wildman–Crippen LogP) is 3.16. The SMILES string of the molecule is CCC(C)(C)C1CCC(NC(=O)c2nc3nccc(C)n3n2)CC1. The summed E-state index contributed by atoms with van der Waals surface area (Å²) in [6.45, 7) is 8.89. The van der Waals surface area contributed by atoms with Crippen LogP contribution in [0.3, 0.4) is 0 Å². The first-order chi connectivity index (χ1) is 11.4. The Balaban J connectivity index is 1.62. The van der Waals surface area contributed by atoms with Crippen LogP contribution in [0.25, 0.3) is 5.78 Å². The van der Waals surface area contributed by atoms with Crippen molar-refractivity contribution in [2.45, 2.75) is 65.8 Å². The highest BCUT2D eigenvalue weighted by molar-refractivity contribution is 5.91. The molecule has 6 nitrogen and oxygen atoms in total. The monoisotopic (exact) mass is 329 g/mol. The summed E-state index contributed by atoms with van der Waals surface area (Å²) in [6, 6.07) is 2.07. The molecule has 0 atom stereocenters. The maximum atomic E-state index is 12.5. The Kier molecular flexibility index (Phi) is 4.56. The standard InChI is InChI=1S/C18H27N5O/c1-5-18(3,4)13-6-8-14(9-7-13)20-16(24)15-21-17-19-11-10-12(2)23(17)22-15/h10-11,13-14H,5-9H2,1-4H3,(H,20,24). The number of fused-ring (bicyclic) bond motifs is 1. The van der Waals surface area contributed by atoms with Crippen molar-refractivity contribution < 1.29 is 4.79 Å². The first-order valence-corrected chi connectivity index (χ1v) is 8.90. The Bertz CT molecular complexity index is 728. The van der Waals surface area contributed by atoms with Crippen LogP contribution < -0.4 is 5.32 Å². The van der Waals surface area contributed by atoms with Crippen molar-refractivity contribution in [3.8, 4) is 0 Å². The van der Waals surface area contributed by atoms with Crippen LogP contribution in [0.5, 0.6) is 0 Å². The fraction of sp³-hybridized carbons (Fsp3) is 0.667. The minimum Gasteiger partial charge on any atom is -0.347 e. The molecule has 3 rings (SSSR count). The summed E-state index contributed by atoms with van der Waals surface area (Å²) in [5.41, 5.74) is 1.30. The third-order valence-electron chi connectivity index (χ3n) is 5.71. The number of aromatic nitrogens is 4. The second-order valence-electron chi connectivity index (χ2n) is 7.60. The van der Waals surface area contributed by atoms with Crippen LogP contribution in [0.2, 0.25) is 0 Å². The highest BCUT2D eigenvalue weighted by Crippen LogP contribution is 2.40. The zero-order valence-electron chi connectivity index (χ0n) is 15.0. The number of amides is 1. The highest BCUT2D eigenvalue weighted by Gasteiger charge is 2.32. The van der Waals surface area contributed by atoms with Gasteiger partial charge in [0, 0.05) is 17.9 Å². The zero-order chi connectivity index (χ0) is 17.3. The Morgan fingerprint density at radius 3 is 2.67 bits per heavy atom. The van der Waals surface area contributed by atoms with Gasteiger partial charge in [-0.05, 0) is 50.0 Å². The summed E-state index contributed by atoms with van der Waals surface area (Å²) in [5, 5.41) is 7.38. The second kappa shape index (κ2) is 6.49. The molecule has 24 heavy (non-hydrogen) atoms. The molecule has 6 heteroatoms. The molecule has 0 unspecified atom stereocenters. The Morgan fingerprint density at radius 2 is 2.04 bits per heavy atom. The molecule has 1 aliphatic rings. The van der Waals surface area contributed by atoms with E-state index in [1.54, 1.807) is 10.7 Å². The number of rotatable bonds is 4. The summed E-state index contributed by atoms with van der Waals surface area (Å²) < 4.78 is 1.61. The number of hydrogen-bond donors (Lipinski definition) is 1. The van der Waals surface area contributed by atoms with Gasteiger partial charge in [-0.2, -0.15) is 4.98 Å². The van der Waals surface area contributed by atoms with Crippen LogP contribution in [0.1, 0.15) is 69.2 Å². The van der Waals surface area contributed by atoms with Gasteiger partial charge in [0.25, 0.3) is 11.7 Å². The van der Waals surface area contributed by atoms with Crippen molar-refractivity contribution in [2.24, 2.45) is 11.3 Å². The molecule has 1 fully saturated rings. The Morgan fingerprint density at radius 1 is 1.33 bits per heavy atom. The molecule has 0 bridgehead atoms. The van der Waals surface area contributed by atoms with Crippen molar-refractivity contribution in [2.75, 3.05) is 0 Å². The number of carbonyl (C=O) groups is 1. The minimum atomic E-state index is -0.196. The van der Waals surface area contributed by atoms with Gasteiger partial charge in [-0.25, -0.2) is 9.50 Å². The van der Waals surface area contributed by atoms with E-state index >= 15 is 0 Å². The lowest BCUT2D eigenvalue weighted by Gasteiger charge is -2.39. The number of carbonyl (C=O) groups excluding carboxylic acids is 1. The summed E-state index contributed by atoms with van der Waals surface area (Å²) >= 11 is 0. The molecule has 2 aromatic rings. The molecule has 2 aromatic heterocycles. The number of aryl methyl sites for hydroxylation is 1. The number of hydrogen-bond acceptors (Lipinski definition) is 4. The molecule has 0 radical (unpaired) electrons. The van der Waals surface area contributed by atoms with Gasteiger partial charge in [0.2, 0.25) is 5.82 Å². The van der Waals surface area contributed by atoms with Crippen molar-refractivity contribution in [3.63, 3.8) is 0 Å². The Labute approximate surface area is 143 Å². The molecule has 0 aliphatic heterocycles. The lowest BCUT2D eigenvalue weighted by molar-refractivity contribution is 0.0883. The quantitative estimate of drug-likeness (QED) is 0.935. The third kappa shape index (κ3) is 3.28. The van der Waals surface area contributed by atoms with E-state index in [0.29, 0.717) is 11.2 Å². The predicted molar refractivity (Wildman–Crippen MR) is 92.8 cm³/mol. The van der Waals surface area contributed by atoms with Gasteiger partial charge in [-0.15, -0.1) is 5.10 Å². The summed E-state index contributed by atoms with van der Waals surface area (Å²) in [4.78, 5) is 20.8. The van der Waals surface area contributed by atoms with Crippen molar-refractivity contribution in [3.05, 3.63) is 23.8 Å². The number of nitrogens with zero attached hydrogens (tertiary/aromatic N) is 4. The van der Waals surface area contributed by atoms with Gasteiger partial charge < -0.3 is 5.32 Å². The van der Waals surface area contributed by atoms with Crippen LogP contribution in [0.15, 0.2) is 12.3 Å². The van der Waals surface area contributed by atoms with E-state index in [-0.39, 0.29) is 17.8 Å². The third-order valence-corrected chi connectivity index (χ3v) is 5.71. The first-order valence-electron chi connectivity index (χ1n) is 8.90. The van der Waals surface area contributed by atoms with Crippen LogP contribution >= 0.6 is 0 Å². The molecule has 1 aliphatic carbocycles. The molecule has 1 amide bonds. The van der Waals surface area contributed by atoms with Crippen LogP contribution in [-0.4, -0.2) is 31.5 Å². The van der Waals surface area contributed by atoms with Crippen molar-refractivity contribution in [1.82, 2.24) is 24.9 Å². The van der Waals surface area contributed by atoms with E-state index in [2.05, 4.69) is 41.2 Å².